The molecule has 2 amide bonds. The minimum absolute atomic E-state index is 0.0586. The summed E-state index contributed by atoms with van der Waals surface area (Å²) in [7, 11) is -4.15. The third-order valence-electron chi connectivity index (χ3n) is 3.95. The summed E-state index contributed by atoms with van der Waals surface area (Å²) in [5, 5.41) is 10.4. The van der Waals surface area contributed by atoms with Gasteiger partial charge in [0, 0.05) is 18.7 Å². The van der Waals surface area contributed by atoms with E-state index in [0.29, 0.717) is 0 Å². The van der Waals surface area contributed by atoms with Crippen LogP contribution in [0.5, 0.6) is 5.75 Å². The Bertz CT molecular complexity index is 899. The summed E-state index contributed by atoms with van der Waals surface area (Å²) < 4.78 is 64.6. The monoisotopic (exact) mass is 447 g/mol. The molecule has 10 nitrogen and oxygen atoms in total. The molecule has 0 radical (unpaired) electrons. The topological polar surface area (TPSA) is 135 Å². The van der Waals surface area contributed by atoms with Crippen molar-refractivity contribution in [2.45, 2.75) is 18.5 Å². The number of rotatable bonds is 8. The smallest absolute Gasteiger partial charge is 0.410 e. The predicted octanol–water partition coefficient (Wildman–Crippen LogP) is 0.637. The summed E-state index contributed by atoms with van der Waals surface area (Å²) in [5.74, 6) is -3.17. The van der Waals surface area contributed by atoms with Gasteiger partial charge in [-0.3, -0.25) is 10.1 Å². The van der Waals surface area contributed by atoms with Crippen LogP contribution in [-0.4, -0.2) is 70.1 Å². The number of hydrogen-bond donors (Lipinski definition) is 1. The average Bonchev–Trinajstić information content (AvgIpc) is 2.69. The highest BCUT2D eigenvalue weighted by Crippen LogP contribution is 2.23. The first-order valence-corrected chi connectivity index (χ1v) is 10.5. The summed E-state index contributed by atoms with van der Waals surface area (Å²) in [4.78, 5) is 25.5. The molecular formula is C17H19F2N3O7S. The van der Waals surface area contributed by atoms with E-state index < -0.39 is 46.1 Å². The van der Waals surface area contributed by atoms with E-state index >= 15 is 0 Å². The molecule has 30 heavy (non-hydrogen) atoms. The Morgan fingerprint density at radius 1 is 1.27 bits per heavy atom. The second-order valence-electron chi connectivity index (χ2n) is 6.11. The molecule has 1 aromatic carbocycles. The van der Waals surface area contributed by atoms with E-state index in [9.17, 15) is 26.8 Å². The zero-order valence-electron chi connectivity index (χ0n) is 15.6. The number of carbonyl (C=O) groups excluding carboxylic acids is 2. The first-order chi connectivity index (χ1) is 14.2. The van der Waals surface area contributed by atoms with E-state index in [0.717, 1.165) is 0 Å². The molecule has 13 heteroatoms. The molecular weight excluding hydrogens is 428 g/mol. The minimum Gasteiger partial charge on any atom is -0.435 e. The van der Waals surface area contributed by atoms with E-state index in [-0.39, 0.29) is 37.6 Å². The van der Waals surface area contributed by atoms with Crippen LogP contribution in [0.25, 0.3) is 0 Å². The molecule has 0 bridgehead atoms. The number of amides is 2. The van der Waals surface area contributed by atoms with Gasteiger partial charge >= 0.3 is 12.7 Å². The molecule has 164 valence electrons. The van der Waals surface area contributed by atoms with Crippen molar-refractivity contribution in [3.8, 4) is 11.9 Å². The standard InChI is InChI=1S/C17H19F2N3O7S/c18-16(19)28-13-4-2-1-3-12(13)9-30(25,26)10-14(15(23)21-11-20)29-17(24)22-5-7-27-8-6-22/h1-4,14,16H,5-10H2,(H,21,23)/t14-/m0/s1. The highest BCUT2D eigenvalue weighted by atomic mass is 32.2. The van der Waals surface area contributed by atoms with Crippen LogP contribution in [0.15, 0.2) is 24.3 Å². The normalized spacial score (nSPS) is 15.2. The summed E-state index contributed by atoms with van der Waals surface area (Å²) in [6.45, 7) is -2.27. The molecule has 1 aliphatic heterocycles. The van der Waals surface area contributed by atoms with Crippen LogP contribution >= 0.6 is 0 Å². The van der Waals surface area contributed by atoms with Crippen LogP contribution < -0.4 is 10.1 Å². The van der Waals surface area contributed by atoms with Crippen LogP contribution in [0.1, 0.15) is 5.56 Å². The number of alkyl halides is 2. The van der Waals surface area contributed by atoms with Gasteiger partial charge in [-0.25, -0.2) is 13.2 Å². The number of benzene rings is 1. The Morgan fingerprint density at radius 2 is 1.93 bits per heavy atom. The fourth-order valence-corrected chi connectivity index (χ4v) is 4.11. The van der Waals surface area contributed by atoms with Gasteiger partial charge in [0.05, 0.1) is 24.7 Å². The van der Waals surface area contributed by atoms with Gasteiger partial charge < -0.3 is 19.1 Å². The molecule has 1 aliphatic rings. The lowest BCUT2D eigenvalue weighted by atomic mass is 10.2. The molecule has 0 aliphatic carbocycles. The van der Waals surface area contributed by atoms with Crippen molar-refractivity contribution in [1.29, 1.82) is 5.26 Å². The van der Waals surface area contributed by atoms with Gasteiger partial charge in [0.1, 0.15) is 5.75 Å². The summed E-state index contributed by atoms with van der Waals surface area (Å²) >= 11 is 0. The van der Waals surface area contributed by atoms with Crippen molar-refractivity contribution in [2.75, 3.05) is 32.1 Å². The molecule has 0 saturated carbocycles. The molecule has 1 atom stereocenters. The lowest BCUT2D eigenvalue weighted by molar-refractivity contribution is -0.128. The quantitative estimate of drug-likeness (QED) is 0.453. The number of nitriles is 1. The largest absolute Gasteiger partial charge is 0.435 e. The lowest BCUT2D eigenvalue weighted by Gasteiger charge is -2.27. The van der Waals surface area contributed by atoms with Gasteiger partial charge in [-0.2, -0.15) is 14.0 Å². The fourth-order valence-electron chi connectivity index (χ4n) is 2.60. The third kappa shape index (κ3) is 7.12. The highest BCUT2D eigenvalue weighted by molar-refractivity contribution is 7.90. The van der Waals surface area contributed by atoms with Crippen molar-refractivity contribution in [2.24, 2.45) is 0 Å². The summed E-state index contributed by atoms with van der Waals surface area (Å²) in [6, 6.07) is 5.28. The van der Waals surface area contributed by atoms with Gasteiger partial charge in [-0.05, 0) is 6.07 Å². The van der Waals surface area contributed by atoms with Crippen molar-refractivity contribution in [3.63, 3.8) is 0 Å². The Hall–Kier alpha value is -2.98. The molecule has 0 spiro atoms. The molecule has 2 rings (SSSR count). The van der Waals surface area contributed by atoms with E-state index in [1.807, 2.05) is 0 Å². The van der Waals surface area contributed by atoms with Gasteiger partial charge in [-0.15, -0.1) is 0 Å². The SMILES string of the molecule is N#CNC(=O)[C@H](CS(=O)(=O)Cc1ccccc1OC(F)F)OC(=O)N1CCOCC1. The highest BCUT2D eigenvalue weighted by Gasteiger charge is 2.32. The Morgan fingerprint density at radius 3 is 2.57 bits per heavy atom. The fraction of sp³-hybridized carbons (Fsp3) is 0.471. The Labute approximate surface area is 171 Å². The zero-order valence-corrected chi connectivity index (χ0v) is 16.4. The number of nitrogens with zero attached hydrogens (tertiary/aromatic N) is 2. The maximum atomic E-state index is 12.6. The third-order valence-corrected chi connectivity index (χ3v) is 5.51. The number of morpholine rings is 1. The lowest BCUT2D eigenvalue weighted by Crippen LogP contribution is -2.46. The summed E-state index contributed by atoms with van der Waals surface area (Å²) in [6.07, 6.45) is -1.40. The van der Waals surface area contributed by atoms with E-state index in [2.05, 4.69) is 4.74 Å². The molecule has 0 aromatic heterocycles. The number of carbonyl (C=O) groups is 2. The number of para-hydroxylation sites is 1. The number of nitrogens with one attached hydrogen (secondary N) is 1. The van der Waals surface area contributed by atoms with Crippen LogP contribution in [-0.2, 0) is 29.9 Å². The maximum Gasteiger partial charge on any atom is 0.410 e. The summed E-state index contributed by atoms with van der Waals surface area (Å²) in [5.41, 5.74) is -0.0586. The first-order valence-electron chi connectivity index (χ1n) is 8.67. The molecule has 1 saturated heterocycles. The van der Waals surface area contributed by atoms with Crippen LogP contribution in [0.2, 0.25) is 0 Å². The molecule has 0 unspecified atom stereocenters. The van der Waals surface area contributed by atoms with Gasteiger partial charge in [0.25, 0.3) is 5.91 Å². The van der Waals surface area contributed by atoms with E-state index in [4.69, 9.17) is 14.7 Å². The van der Waals surface area contributed by atoms with E-state index in [1.165, 1.54) is 35.4 Å². The first kappa shape index (κ1) is 23.3. The predicted molar refractivity (Wildman–Crippen MR) is 97.0 cm³/mol. The van der Waals surface area contributed by atoms with Crippen LogP contribution in [0.4, 0.5) is 13.6 Å². The maximum absolute atomic E-state index is 12.6. The number of ether oxygens (including phenoxy) is 3. The van der Waals surface area contributed by atoms with Gasteiger partial charge in [-0.1, -0.05) is 18.2 Å². The molecule has 1 heterocycles. The Kier molecular flexibility index (Phi) is 8.31. The Balaban J connectivity index is 2.14. The van der Waals surface area contributed by atoms with Crippen molar-refractivity contribution >= 4 is 21.8 Å². The van der Waals surface area contributed by atoms with Crippen molar-refractivity contribution < 1.29 is 41.0 Å². The van der Waals surface area contributed by atoms with Gasteiger partial charge in [0.2, 0.25) is 0 Å². The molecule has 1 N–H and O–H groups in total. The second kappa shape index (κ2) is 10.7. The zero-order chi connectivity index (χ0) is 22.1. The average molecular weight is 447 g/mol. The van der Waals surface area contributed by atoms with Crippen molar-refractivity contribution in [3.05, 3.63) is 29.8 Å². The van der Waals surface area contributed by atoms with E-state index in [1.54, 1.807) is 5.32 Å². The minimum atomic E-state index is -4.15. The van der Waals surface area contributed by atoms with Crippen molar-refractivity contribution in [1.82, 2.24) is 10.2 Å². The molecule has 1 fully saturated rings. The number of halogens is 2. The second-order valence-corrected chi connectivity index (χ2v) is 8.22. The van der Waals surface area contributed by atoms with Gasteiger partial charge in [0.15, 0.2) is 22.1 Å². The number of sulfone groups is 1. The van der Waals surface area contributed by atoms with Crippen LogP contribution in [0, 0.1) is 11.5 Å². The van der Waals surface area contributed by atoms with Crippen LogP contribution in [0.3, 0.4) is 0 Å². The molecule has 1 aromatic rings. The number of hydrogen-bond acceptors (Lipinski definition) is 8.